The third kappa shape index (κ3) is 17.4. The summed E-state index contributed by atoms with van der Waals surface area (Å²) in [5.74, 6) is 4.51. The molecule has 98 heavy (non-hydrogen) atoms. The van der Waals surface area contributed by atoms with Gasteiger partial charge < -0.3 is 34.1 Å². The number of carbonyl (C=O) groups is 3. The summed E-state index contributed by atoms with van der Waals surface area (Å²) in [5, 5.41) is 34.2. The fourth-order valence-corrected chi connectivity index (χ4v) is 17.9. The summed E-state index contributed by atoms with van der Waals surface area (Å²) in [4.78, 5) is 62.8. The molecular formula is C79H96ClN5O13. The molecule has 5 fully saturated rings. The number of aliphatic hydroxyl groups excluding tert-OH is 1. The van der Waals surface area contributed by atoms with Crippen LogP contribution < -0.4 is 14.8 Å². The van der Waals surface area contributed by atoms with Gasteiger partial charge in [-0.3, -0.25) is 35.0 Å². The molecule has 0 amide bonds. The minimum Gasteiger partial charge on any atom is -0.459 e. The minimum atomic E-state index is -0.978. The zero-order chi connectivity index (χ0) is 69.8. The van der Waals surface area contributed by atoms with Crippen LogP contribution in [-0.4, -0.2) is 80.0 Å². The number of hydrogen-bond acceptors (Lipinski definition) is 16. The number of benzene rings is 3. The lowest BCUT2D eigenvalue weighted by Gasteiger charge is -2.57. The highest BCUT2D eigenvalue weighted by atomic mass is 35.5. The highest BCUT2D eigenvalue weighted by Crippen LogP contribution is 2.68. The number of halogens is 1. The van der Waals surface area contributed by atoms with E-state index in [-0.39, 0.29) is 58.4 Å². The number of aromatic nitrogens is 2. The lowest BCUT2D eigenvalue weighted by Crippen LogP contribution is -2.50. The Hall–Kier alpha value is -7.90. The van der Waals surface area contributed by atoms with E-state index >= 15 is 0 Å². The Bertz CT molecular complexity index is 3700. The van der Waals surface area contributed by atoms with Crippen LogP contribution in [0.3, 0.4) is 0 Å². The van der Waals surface area contributed by atoms with Gasteiger partial charge in [0.05, 0.1) is 22.5 Å². The van der Waals surface area contributed by atoms with Gasteiger partial charge in [0.2, 0.25) is 0 Å². The van der Waals surface area contributed by atoms with Crippen molar-refractivity contribution < 1.29 is 53.0 Å². The summed E-state index contributed by atoms with van der Waals surface area (Å²) < 4.78 is 25.6. The van der Waals surface area contributed by atoms with Gasteiger partial charge in [-0.2, -0.15) is 0 Å². The van der Waals surface area contributed by atoms with Crippen LogP contribution in [0.5, 0.6) is 11.5 Å². The third-order valence-electron chi connectivity index (χ3n) is 22.7. The minimum absolute atomic E-state index is 0.0514. The van der Waals surface area contributed by atoms with Crippen molar-refractivity contribution in [2.75, 3.05) is 19.8 Å². The van der Waals surface area contributed by atoms with Gasteiger partial charge in [-0.1, -0.05) is 106 Å². The molecule has 0 radical (unpaired) electrons. The summed E-state index contributed by atoms with van der Waals surface area (Å²) in [6.45, 7) is 18.5. The molecule has 14 rings (SSSR count). The van der Waals surface area contributed by atoms with Gasteiger partial charge >= 0.3 is 17.6 Å². The van der Waals surface area contributed by atoms with Gasteiger partial charge in [0, 0.05) is 86.8 Å². The molecule has 0 unspecified atom stereocenters. The number of nitrogens with zero attached hydrogens (tertiary/aromatic N) is 4. The number of non-ortho nitro benzene ring substituents is 2. The first kappa shape index (κ1) is 72.8. The number of fused-ring (bicyclic) bond motifs is 10. The lowest BCUT2D eigenvalue weighted by atomic mass is 9.47. The SMILES string of the molecule is C1CCOC1.CC(C)(C)OC(=O)CNCc1ccccc1.C[C@]12CC[C@H](O)CC1=CC[C@@H]1[C@@H]2CC[C@]2(C)C(c3cccnc3)=CC[C@@H]12.C[C@]12CC[C@H](OC(=O)Oc3ccc([N+](=O)[O-])cc3)CC1=CC[C@@H]1[C@@H]2CC[C@]2(C)C(c3cccnc3)=CC[C@@H]12.O=C(Cl)Oc1ccc([N+](=O)[O-])cc1. The highest BCUT2D eigenvalue weighted by Gasteiger charge is 2.59. The number of nitro benzene ring substituents is 2. The molecule has 1 saturated heterocycles. The summed E-state index contributed by atoms with van der Waals surface area (Å²) >= 11 is 4.92. The van der Waals surface area contributed by atoms with Gasteiger partial charge in [0.25, 0.3) is 11.4 Å². The molecule has 3 aromatic carbocycles. The van der Waals surface area contributed by atoms with Gasteiger partial charge in [0.1, 0.15) is 23.2 Å². The number of hydrogen-bond donors (Lipinski definition) is 2. The average molecular weight is 1360 g/mol. The Morgan fingerprint density at radius 2 is 1.10 bits per heavy atom. The standard InChI is InChI=1S/C31H34N2O5.C24H31NO.C13H19NO2.C7H4ClNO4.C4H8O/c1-30-15-13-24(38-29(34)37-23-8-6-22(7-9-23)33(35)36)18-21(30)5-10-25-27-12-11-26(20-4-3-17-32-19-20)31(27,2)16-14-28(25)30;1-23-11-9-18(26)14-17(23)5-6-19-21-8-7-20(16-4-3-13-25-15-16)24(21,2)12-10-22(19)23;1-13(2,3)16-12(15)10-14-9-11-7-5-4-6-8-11;8-7(10)13-6-3-1-5(2-4-6)9(11)12;1-2-4-5-3-1/h3-9,11,17,19,24-25,27-28H,10,12-16,18H2,1-2H3;3-5,7,13,15,18-19,21-22,26H,6,8-12,14H2,1-2H3;4-8,14H,9-10H2,1-3H3;1-4H;1-4H2/t24-,25-,27-,28-,30-,31+;18-,19-,21-,22-,23-,24+;;;/m00.../s1. The Morgan fingerprint density at radius 3 is 1.56 bits per heavy atom. The third-order valence-corrected chi connectivity index (χ3v) is 22.8. The van der Waals surface area contributed by atoms with Crippen LogP contribution in [0.2, 0.25) is 0 Å². The van der Waals surface area contributed by atoms with E-state index in [1.54, 1.807) is 11.1 Å². The second kappa shape index (κ2) is 32.0. The van der Waals surface area contributed by atoms with Crippen molar-refractivity contribution in [2.24, 2.45) is 57.2 Å². The maximum atomic E-state index is 12.5. The molecule has 5 aromatic rings. The van der Waals surface area contributed by atoms with E-state index in [2.05, 4.69) is 90.2 Å². The van der Waals surface area contributed by atoms with Crippen molar-refractivity contribution in [3.8, 4) is 11.5 Å². The molecule has 12 atom stereocenters. The molecule has 1 aliphatic heterocycles. The van der Waals surface area contributed by atoms with E-state index < -0.39 is 27.0 Å². The molecule has 0 bridgehead atoms. The van der Waals surface area contributed by atoms with Crippen LogP contribution >= 0.6 is 11.6 Å². The summed E-state index contributed by atoms with van der Waals surface area (Å²) in [6.07, 6.45) is 34.6. The first-order valence-corrected chi connectivity index (χ1v) is 35.3. The second-order valence-electron chi connectivity index (χ2n) is 29.7. The molecule has 9 aliphatic rings. The van der Waals surface area contributed by atoms with Gasteiger partial charge in [-0.25, -0.2) is 9.59 Å². The fraction of sp³-hybridized carbons (Fsp3) is 0.506. The average Bonchev–Trinajstić information content (AvgIpc) is 1.41. The summed E-state index contributed by atoms with van der Waals surface area (Å²) in [5.41, 5.74) is 9.26. The second-order valence-corrected chi connectivity index (χ2v) is 30.0. The predicted octanol–water partition coefficient (Wildman–Crippen LogP) is 18.2. The molecule has 8 aliphatic carbocycles. The molecule has 4 saturated carbocycles. The molecule has 0 spiro atoms. The number of pyridine rings is 2. The fourth-order valence-electron chi connectivity index (χ4n) is 17.9. The van der Waals surface area contributed by atoms with E-state index in [9.17, 15) is 39.7 Å². The Morgan fingerprint density at radius 1 is 0.612 bits per heavy atom. The number of aliphatic hydroxyl groups is 1. The molecule has 18 nitrogen and oxygen atoms in total. The van der Waals surface area contributed by atoms with E-state index in [1.807, 2.05) is 82.0 Å². The van der Waals surface area contributed by atoms with E-state index in [1.165, 1.54) is 129 Å². The van der Waals surface area contributed by atoms with Crippen LogP contribution in [0.15, 0.2) is 163 Å². The lowest BCUT2D eigenvalue weighted by molar-refractivity contribution is -0.385. The Labute approximate surface area is 581 Å². The number of rotatable bonds is 11. The molecule has 522 valence electrons. The Balaban J connectivity index is 0.000000149. The maximum absolute atomic E-state index is 12.5. The number of ether oxygens (including phenoxy) is 5. The zero-order valence-corrected chi connectivity index (χ0v) is 58.5. The summed E-state index contributed by atoms with van der Waals surface area (Å²) in [6, 6.07) is 29.0. The summed E-state index contributed by atoms with van der Waals surface area (Å²) in [7, 11) is 0. The van der Waals surface area contributed by atoms with Crippen molar-refractivity contribution in [1.29, 1.82) is 0 Å². The smallest absolute Gasteiger partial charge is 0.459 e. The van der Waals surface area contributed by atoms with Gasteiger partial charge in [-0.15, -0.1) is 0 Å². The predicted molar refractivity (Wildman–Crippen MR) is 378 cm³/mol. The van der Waals surface area contributed by atoms with Crippen molar-refractivity contribution in [3.63, 3.8) is 0 Å². The van der Waals surface area contributed by atoms with Gasteiger partial charge in [0.15, 0.2) is 0 Å². The first-order chi connectivity index (χ1) is 46.9. The first-order valence-electron chi connectivity index (χ1n) is 34.9. The molecule has 2 N–H and O–H groups in total. The monoisotopic (exact) mass is 1360 g/mol. The van der Waals surface area contributed by atoms with Crippen LogP contribution in [0.25, 0.3) is 11.1 Å². The normalized spacial score (nSPS) is 29.1. The van der Waals surface area contributed by atoms with Crippen LogP contribution in [-0.2, 0) is 25.5 Å². The highest BCUT2D eigenvalue weighted by molar-refractivity contribution is 6.61. The maximum Gasteiger partial charge on any atom is 0.514 e. The van der Waals surface area contributed by atoms with E-state index in [0.29, 0.717) is 35.1 Å². The van der Waals surface area contributed by atoms with E-state index in [4.69, 9.17) is 30.5 Å². The number of nitro groups is 2. The van der Waals surface area contributed by atoms with Crippen LogP contribution in [0, 0.1) is 77.4 Å². The molecule has 19 heteroatoms. The van der Waals surface area contributed by atoms with Crippen molar-refractivity contribution in [1.82, 2.24) is 15.3 Å². The topological polar surface area (TPSA) is 242 Å². The Kier molecular flexibility index (Phi) is 23.8. The molecule has 3 heterocycles. The quantitative estimate of drug-likeness (QED) is 0.0312. The van der Waals surface area contributed by atoms with Crippen molar-refractivity contribution >= 4 is 51.7 Å². The number of allylic oxidation sites excluding steroid dienone is 6. The largest absolute Gasteiger partial charge is 0.514 e. The van der Waals surface area contributed by atoms with Crippen molar-refractivity contribution in [2.45, 2.75) is 176 Å². The van der Waals surface area contributed by atoms with E-state index in [0.717, 1.165) is 81.5 Å². The van der Waals surface area contributed by atoms with Crippen LogP contribution in [0.1, 0.15) is 168 Å². The van der Waals surface area contributed by atoms with Crippen molar-refractivity contribution in [3.05, 3.63) is 200 Å². The molecular weight excluding hydrogens is 1260 g/mol. The van der Waals surface area contributed by atoms with Gasteiger partial charge in [-0.05, 0) is 238 Å². The zero-order valence-electron chi connectivity index (χ0n) is 57.7. The molecule has 2 aromatic heterocycles. The van der Waals surface area contributed by atoms with Crippen LogP contribution in [0.4, 0.5) is 21.0 Å². The number of nitrogens with one attached hydrogen (secondary N) is 1. The number of carbonyl (C=O) groups excluding carboxylic acids is 3. The number of esters is 1.